The van der Waals surface area contributed by atoms with Gasteiger partial charge in [0.1, 0.15) is 18.5 Å². The topological polar surface area (TPSA) is 59.4 Å². The highest BCUT2D eigenvalue weighted by molar-refractivity contribution is 5.78. The molecule has 1 atom stereocenters. The monoisotopic (exact) mass is 314 g/mol. The lowest BCUT2D eigenvalue weighted by Crippen LogP contribution is -2.50. The summed E-state index contributed by atoms with van der Waals surface area (Å²) in [5, 5.41) is 3.33. The third-order valence-corrected chi connectivity index (χ3v) is 4.06. The van der Waals surface area contributed by atoms with Gasteiger partial charge in [-0.25, -0.2) is 4.98 Å². The number of hydrogen-bond acceptors (Lipinski definition) is 4. The molecule has 2 heterocycles. The minimum absolute atomic E-state index is 0.00966. The van der Waals surface area contributed by atoms with E-state index in [0.717, 1.165) is 24.5 Å². The molecular weight excluding hydrogens is 292 g/mol. The van der Waals surface area contributed by atoms with Gasteiger partial charge < -0.3 is 19.5 Å². The normalized spacial score (nSPS) is 18.1. The Bertz CT molecular complexity index is 641. The quantitative estimate of drug-likeness (QED) is 0.898. The van der Waals surface area contributed by atoms with Gasteiger partial charge in [0.05, 0.1) is 6.61 Å². The Kier molecular flexibility index (Phi) is 5.05. The molecule has 1 amide bonds. The Balaban J connectivity index is 1.59. The van der Waals surface area contributed by atoms with Crippen molar-refractivity contribution < 1.29 is 9.53 Å². The summed E-state index contributed by atoms with van der Waals surface area (Å²) in [6.45, 7) is 2.73. The molecule has 122 valence electrons. The van der Waals surface area contributed by atoms with Gasteiger partial charge in [0, 0.05) is 39.1 Å². The van der Waals surface area contributed by atoms with Crippen molar-refractivity contribution in [3.05, 3.63) is 54.1 Å². The summed E-state index contributed by atoms with van der Waals surface area (Å²) in [5.74, 6) is 0.907. The predicted molar refractivity (Wildman–Crippen MR) is 86.6 cm³/mol. The first-order valence-corrected chi connectivity index (χ1v) is 7.85. The first-order chi connectivity index (χ1) is 11.3. The summed E-state index contributed by atoms with van der Waals surface area (Å²) >= 11 is 0. The second kappa shape index (κ2) is 7.39. The van der Waals surface area contributed by atoms with Crippen LogP contribution in [0.4, 0.5) is 0 Å². The van der Waals surface area contributed by atoms with Crippen LogP contribution in [-0.2, 0) is 23.2 Å². The third kappa shape index (κ3) is 3.78. The van der Waals surface area contributed by atoms with Gasteiger partial charge in [0.2, 0.25) is 5.91 Å². The zero-order valence-corrected chi connectivity index (χ0v) is 13.3. The molecule has 1 aliphatic heterocycles. The summed E-state index contributed by atoms with van der Waals surface area (Å²) in [5.41, 5.74) is 1.07. The number of ether oxygens (including phenoxy) is 1. The SMILES string of the molecule is Cn1ccnc1C1CNCCN1C(=O)COCc1ccccc1. The van der Waals surface area contributed by atoms with Crippen molar-refractivity contribution >= 4 is 5.91 Å². The van der Waals surface area contributed by atoms with E-state index in [1.54, 1.807) is 6.20 Å². The predicted octanol–water partition coefficient (Wildman–Crippen LogP) is 1.11. The summed E-state index contributed by atoms with van der Waals surface area (Å²) in [6.07, 6.45) is 3.66. The van der Waals surface area contributed by atoms with Crippen LogP contribution in [0.1, 0.15) is 17.4 Å². The molecule has 0 bridgehead atoms. The van der Waals surface area contributed by atoms with Crippen LogP contribution in [0.5, 0.6) is 0 Å². The Morgan fingerprint density at radius 3 is 2.96 bits per heavy atom. The van der Waals surface area contributed by atoms with Gasteiger partial charge in [-0.1, -0.05) is 30.3 Å². The fourth-order valence-corrected chi connectivity index (χ4v) is 2.85. The minimum Gasteiger partial charge on any atom is -0.367 e. The maximum absolute atomic E-state index is 12.5. The van der Waals surface area contributed by atoms with E-state index in [4.69, 9.17) is 4.74 Å². The van der Waals surface area contributed by atoms with E-state index in [1.807, 2.05) is 53.0 Å². The second-order valence-corrected chi connectivity index (χ2v) is 5.68. The molecule has 1 fully saturated rings. The number of nitrogens with zero attached hydrogens (tertiary/aromatic N) is 3. The molecule has 2 aromatic rings. The maximum Gasteiger partial charge on any atom is 0.249 e. The Hall–Kier alpha value is -2.18. The van der Waals surface area contributed by atoms with E-state index in [9.17, 15) is 4.79 Å². The Labute approximate surface area is 136 Å². The lowest BCUT2D eigenvalue weighted by Gasteiger charge is -2.35. The van der Waals surface area contributed by atoms with Gasteiger partial charge >= 0.3 is 0 Å². The maximum atomic E-state index is 12.5. The summed E-state index contributed by atoms with van der Waals surface area (Å²) in [6, 6.07) is 9.84. The number of amides is 1. The lowest BCUT2D eigenvalue weighted by molar-refractivity contribution is -0.140. The number of nitrogens with one attached hydrogen (secondary N) is 1. The summed E-state index contributed by atoms with van der Waals surface area (Å²) in [4.78, 5) is 18.8. The van der Waals surface area contributed by atoms with Crippen molar-refractivity contribution in [2.45, 2.75) is 12.6 Å². The molecule has 6 nitrogen and oxygen atoms in total. The van der Waals surface area contributed by atoms with Crippen LogP contribution in [0, 0.1) is 0 Å². The number of rotatable bonds is 5. The standard InChI is InChI=1S/C17H22N4O2/c1-20-9-8-19-17(20)15-11-18-7-10-21(15)16(22)13-23-12-14-5-3-2-4-6-14/h2-6,8-9,15,18H,7,10-13H2,1H3. The fourth-order valence-electron chi connectivity index (χ4n) is 2.85. The van der Waals surface area contributed by atoms with Crippen LogP contribution in [0.3, 0.4) is 0 Å². The molecule has 1 aromatic carbocycles. The smallest absolute Gasteiger partial charge is 0.249 e. The zero-order valence-electron chi connectivity index (χ0n) is 13.3. The molecule has 1 aliphatic rings. The highest BCUT2D eigenvalue weighted by Crippen LogP contribution is 2.20. The minimum atomic E-state index is -0.0448. The fraction of sp³-hybridized carbons (Fsp3) is 0.412. The van der Waals surface area contributed by atoms with E-state index < -0.39 is 0 Å². The highest BCUT2D eigenvalue weighted by atomic mass is 16.5. The molecule has 0 spiro atoms. The first kappa shape index (κ1) is 15.7. The average molecular weight is 314 g/mol. The van der Waals surface area contributed by atoms with E-state index in [0.29, 0.717) is 13.2 Å². The van der Waals surface area contributed by atoms with Gasteiger partial charge in [-0.2, -0.15) is 0 Å². The van der Waals surface area contributed by atoms with Crippen molar-refractivity contribution in [3.63, 3.8) is 0 Å². The highest BCUT2D eigenvalue weighted by Gasteiger charge is 2.30. The van der Waals surface area contributed by atoms with Crippen molar-refractivity contribution in [2.24, 2.45) is 7.05 Å². The van der Waals surface area contributed by atoms with Crippen molar-refractivity contribution in [1.29, 1.82) is 0 Å². The zero-order chi connectivity index (χ0) is 16.1. The molecule has 0 saturated carbocycles. The number of aryl methyl sites for hydroxylation is 1. The van der Waals surface area contributed by atoms with E-state index >= 15 is 0 Å². The van der Waals surface area contributed by atoms with E-state index in [1.165, 1.54) is 0 Å². The Morgan fingerprint density at radius 1 is 1.39 bits per heavy atom. The summed E-state index contributed by atoms with van der Waals surface area (Å²) < 4.78 is 7.55. The van der Waals surface area contributed by atoms with Crippen molar-refractivity contribution in [2.75, 3.05) is 26.2 Å². The molecule has 6 heteroatoms. The molecule has 0 radical (unpaired) electrons. The van der Waals surface area contributed by atoms with Crippen LogP contribution >= 0.6 is 0 Å². The molecule has 0 aliphatic carbocycles. The van der Waals surface area contributed by atoms with Crippen molar-refractivity contribution in [3.8, 4) is 0 Å². The van der Waals surface area contributed by atoms with Crippen LogP contribution in [0.15, 0.2) is 42.7 Å². The first-order valence-electron chi connectivity index (χ1n) is 7.85. The third-order valence-electron chi connectivity index (χ3n) is 4.06. The average Bonchev–Trinajstić information content (AvgIpc) is 3.01. The van der Waals surface area contributed by atoms with E-state index in [2.05, 4.69) is 10.3 Å². The van der Waals surface area contributed by atoms with Crippen molar-refractivity contribution in [1.82, 2.24) is 19.8 Å². The second-order valence-electron chi connectivity index (χ2n) is 5.68. The molecular formula is C17H22N4O2. The van der Waals surface area contributed by atoms with Crippen LogP contribution in [0.25, 0.3) is 0 Å². The van der Waals surface area contributed by atoms with Crippen LogP contribution < -0.4 is 5.32 Å². The van der Waals surface area contributed by atoms with Gasteiger partial charge in [0.25, 0.3) is 0 Å². The van der Waals surface area contributed by atoms with Crippen LogP contribution in [0.2, 0.25) is 0 Å². The van der Waals surface area contributed by atoms with Gasteiger partial charge in [-0.3, -0.25) is 4.79 Å². The van der Waals surface area contributed by atoms with Gasteiger partial charge in [0.15, 0.2) is 0 Å². The number of imidazole rings is 1. The number of benzene rings is 1. The molecule has 1 saturated heterocycles. The molecule has 1 unspecified atom stereocenters. The number of carbonyl (C=O) groups is 1. The molecule has 1 aromatic heterocycles. The molecule has 23 heavy (non-hydrogen) atoms. The number of aromatic nitrogens is 2. The van der Waals surface area contributed by atoms with Gasteiger partial charge in [-0.05, 0) is 5.56 Å². The molecule has 1 N–H and O–H groups in total. The lowest BCUT2D eigenvalue weighted by atomic mass is 10.1. The van der Waals surface area contributed by atoms with Gasteiger partial charge in [-0.15, -0.1) is 0 Å². The Morgan fingerprint density at radius 2 is 2.22 bits per heavy atom. The summed E-state index contributed by atoms with van der Waals surface area (Å²) in [7, 11) is 1.95. The number of piperazine rings is 1. The van der Waals surface area contributed by atoms with E-state index in [-0.39, 0.29) is 18.6 Å². The molecule has 3 rings (SSSR count). The number of carbonyl (C=O) groups excluding carboxylic acids is 1. The largest absolute Gasteiger partial charge is 0.367 e. The van der Waals surface area contributed by atoms with Crippen LogP contribution in [-0.4, -0.2) is 46.6 Å². The number of hydrogen-bond donors (Lipinski definition) is 1.